The molecule has 0 radical (unpaired) electrons. The third-order valence-corrected chi connectivity index (χ3v) is 8.23. The second kappa shape index (κ2) is 10.1. The minimum Gasteiger partial charge on any atom is -0.388 e. The lowest BCUT2D eigenvalue weighted by Crippen LogP contribution is -2.40. The summed E-state index contributed by atoms with van der Waals surface area (Å²) >= 11 is 7.59. The van der Waals surface area contributed by atoms with Crippen LogP contribution in [-0.4, -0.2) is 36.2 Å². The highest BCUT2D eigenvalue weighted by Crippen LogP contribution is 2.49. The Morgan fingerprint density at radius 2 is 1.66 bits per heavy atom. The van der Waals surface area contributed by atoms with Gasteiger partial charge in [0.25, 0.3) is 0 Å². The molecule has 184 valence electrons. The largest absolute Gasteiger partial charge is 0.416 e. The normalized spacial score (nSPS) is 17.7. The van der Waals surface area contributed by atoms with Gasteiger partial charge >= 0.3 is 6.18 Å². The molecule has 3 nitrogen and oxygen atoms in total. The molecule has 2 heterocycles. The number of anilines is 2. The van der Waals surface area contributed by atoms with Gasteiger partial charge in [-0.1, -0.05) is 47.6 Å². The van der Waals surface area contributed by atoms with Crippen LogP contribution in [0.3, 0.4) is 0 Å². The maximum absolute atomic E-state index is 13.4. The molecular weight excluding hydrogens is 493 g/mol. The molecule has 0 amide bonds. The van der Waals surface area contributed by atoms with Crippen LogP contribution in [0.2, 0.25) is 5.02 Å². The Hall–Kier alpha value is -2.19. The molecule has 1 atom stereocenters. The van der Waals surface area contributed by atoms with Crippen LogP contribution in [0.5, 0.6) is 0 Å². The summed E-state index contributed by atoms with van der Waals surface area (Å²) in [5.74, 6) is 0.159. The van der Waals surface area contributed by atoms with Crippen molar-refractivity contribution in [3.63, 3.8) is 0 Å². The minimum atomic E-state index is -4.38. The zero-order chi connectivity index (χ0) is 24.6. The highest BCUT2D eigenvalue weighted by atomic mass is 35.5. The molecule has 1 fully saturated rings. The first-order chi connectivity index (χ1) is 16.8. The topological polar surface area (TPSA) is 26.7 Å². The molecule has 0 spiro atoms. The monoisotopic (exact) mass is 518 g/mol. The number of hydrogen-bond donors (Lipinski definition) is 1. The van der Waals surface area contributed by atoms with Gasteiger partial charge < -0.3 is 14.9 Å². The smallest absolute Gasteiger partial charge is 0.388 e. The third-order valence-electron chi connectivity index (χ3n) is 6.86. The molecule has 1 unspecified atom stereocenters. The van der Waals surface area contributed by atoms with E-state index in [9.17, 15) is 18.3 Å². The number of benzene rings is 3. The molecule has 35 heavy (non-hydrogen) atoms. The zero-order valence-corrected chi connectivity index (χ0v) is 20.6. The fourth-order valence-electron chi connectivity index (χ4n) is 4.94. The van der Waals surface area contributed by atoms with Crippen LogP contribution in [0.25, 0.3) is 0 Å². The number of aliphatic hydroxyl groups is 1. The second-order valence-electron chi connectivity index (χ2n) is 9.08. The fourth-order valence-corrected chi connectivity index (χ4v) is 6.22. The Kier molecular flexibility index (Phi) is 7.04. The molecule has 0 saturated carbocycles. The van der Waals surface area contributed by atoms with Gasteiger partial charge in [0.1, 0.15) is 0 Å². The van der Waals surface area contributed by atoms with E-state index in [0.29, 0.717) is 17.3 Å². The maximum Gasteiger partial charge on any atom is 0.416 e. The van der Waals surface area contributed by atoms with Crippen molar-refractivity contribution in [2.75, 3.05) is 31.1 Å². The molecule has 2 aliphatic heterocycles. The molecule has 0 bridgehead atoms. The van der Waals surface area contributed by atoms with Crippen LogP contribution < -0.4 is 4.90 Å². The Labute approximate surface area is 212 Å². The van der Waals surface area contributed by atoms with E-state index in [0.717, 1.165) is 59.6 Å². The van der Waals surface area contributed by atoms with Crippen molar-refractivity contribution < 1.29 is 18.3 Å². The predicted octanol–water partition coefficient (Wildman–Crippen LogP) is 7.41. The van der Waals surface area contributed by atoms with E-state index in [1.807, 2.05) is 47.4 Å². The van der Waals surface area contributed by atoms with Crippen LogP contribution in [0, 0.1) is 5.92 Å². The van der Waals surface area contributed by atoms with Crippen molar-refractivity contribution in [3.8, 4) is 0 Å². The Morgan fingerprint density at radius 1 is 0.914 bits per heavy atom. The quantitative estimate of drug-likeness (QED) is 0.380. The van der Waals surface area contributed by atoms with Gasteiger partial charge in [-0.05, 0) is 79.9 Å². The number of fused-ring (bicyclic) bond motifs is 2. The van der Waals surface area contributed by atoms with Crippen LogP contribution >= 0.6 is 23.4 Å². The number of nitrogens with zero attached hydrogens (tertiary/aromatic N) is 2. The van der Waals surface area contributed by atoms with Crippen LogP contribution in [-0.2, 0) is 6.18 Å². The molecule has 1 N–H and O–H groups in total. The Morgan fingerprint density at radius 3 is 2.40 bits per heavy atom. The van der Waals surface area contributed by atoms with Gasteiger partial charge in [-0.25, -0.2) is 0 Å². The average molecular weight is 519 g/mol. The van der Waals surface area contributed by atoms with Crippen molar-refractivity contribution in [2.24, 2.45) is 5.92 Å². The summed E-state index contributed by atoms with van der Waals surface area (Å²) in [6.07, 6.45) is -3.22. The summed E-state index contributed by atoms with van der Waals surface area (Å²) in [5.41, 5.74) is 1.76. The van der Waals surface area contributed by atoms with Gasteiger partial charge in [0, 0.05) is 27.9 Å². The molecular formula is C27H26ClF3N2OS. The van der Waals surface area contributed by atoms with E-state index in [4.69, 9.17) is 11.6 Å². The highest BCUT2D eigenvalue weighted by molar-refractivity contribution is 7.99. The highest BCUT2D eigenvalue weighted by Gasteiger charge is 2.33. The molecule has 1 saturated heterocycles. The summed E-state index contributed by atoms with van der Waals surface area (Å²) in [7, 11) is 0. The zero-order valence-electron chi connectivity index (χ0n) is 19.0. The fraction of sp³-hybridized carbons (Fsp3) is 0.333. The lowest BCUT2D eigenvalue weighted by molar-refractivity contribution is -0.137. The summed E-state index contributed by atoms with van der Waals surface area (Å²) in [6, 6.07) is 19.2. The van der Waals surface area contributed by atoms with E-state index >= 15 is 0 Å². The third kappa shape index (κ3) is 5.33. The van der Waals surface area contributed by atoms with Gasteiger partial charge in [0.15, 0.2) is 0 Å². The first kappa shape index (κ1) is 24.5. The first-order valence-corrected chi connectivity index (χ1v) is 12.9. The van der Waals surface area contributed by atoms with E-state index in [-0.39, 0.29) is 5.92 Å². The minimum absolute atomic E-state index is 0.159. The number of piperidine rings is 1. The SMILES string of the molecule is OC(c1cccc(Cl)c1)C1CCN(CCN2c3ccccc3Sc3ccc(C(F)(F)F)cc32)CC1. The van der Waals surface area contributed by atoms with Crippen LogP contribution in [0.4, 0.5) is 24.5 Å². The number of para-hydroxylation sites is 1. The maximum atomic E-state index is 13.4. The predicted molar refractivity (Wildman–Crippen MR) is 135 cm³/mol. The average Bonchev–Trinajstić information content (AvgIpc) is 2.85. The van der Waals surface area contributed by atoms with Gasteiger partial charge in [0.05, 0.1) is 23.0 Å². The molecule has 8 heteroatoms. The van der Waals surface area contributed by atoms with Gasteiger partial charge in [-0.2, -0.15) is 13.2 Å². The first-order valence-electron chi connectivity index (χ1n) is 11.7. The molecule has 5 rings (SSSR count). The Balaban J connectivity index is 1.28. The molecule has 2 aliphatic rings. The van der Waals surface area contributed by atoms with Crippen molar-refractivity contribution in [3.05, 3.63) is 82.9 Å². The van der Waals surface area contributed by atoms with E-state index < -0.39 is 17.8 Å². The van der Waals surface area contributed by atoms with Gasteiger partial charge in [-0.3, -0.25) is 0 Å². The summed E-state index contributed by atoms with van der Waals surface area (Å²) in [6.45, 7) is 2.99. The summed E-state index contributed by atoms with van der Waals surface area (Å²) in [5, 5.41) is 11.4. The Bertz CT molecular complexity index is 1200. The molecule has 0 aliphatic carbocycles. The lowest BCUT2D eigenvalue weighted by atomic mass is 9.87. The number of alkyl halides is 3. The van der Waals surface area contributed by atoms with E-state index in [1.54, 1.807) is 12.1 Å². The standard InChI is InChI=1S/C27H26ClF3N2OS/c28-21-5-3-4-19(16-21)26(34)18-10-12-32(13-11-18)14-15-33-22-6-1-2-7-24(22)35-25-9-8-20(17-23(25)33)27(29,30)31/h1-9,16-18,26,34H,10-15H2. The summed E-state index contributed by atoms with van der Waals surface area (Å²) < 4.78 is 40.3. The number of likely N-dealkylation sites (tertiary alicyclic amines) is 1. The van der Waals surface area contributed by atoms with Gasteiger partial charge in [0.2, 0.25) is 0 Å². The molecule has 3 aromatic rings. The number of aliphatic hydroxyl groups excluding tert-OH is 1. The van der Waals surface area contributed by atoms with Crippen molar-refractivity contribution in [2.45, 2.75) is 34.9 Å². The van der Waals surface area contributed by atoms with Crippen LogP contribution in [0.1, 0.15) is 30.1 Å². The number of hydrogen-bond acceptors (Lipinski definition) is 4. The van der Waals surface area contributed by atoms with Crippen molar-refractivity contribution >= 4 is 34.7 Å². The van der Waals surface area contributed by atoms with Crippen molar-refractivity contribution in [1.82, 2.24) is 4.90 Å². The molecule has 3 aromatic carbocycles. The van der Waals surface area contributed by atoms with E-state index in [2.05, 4.69) is 4.90 Å². The number of halogens is 4. The lowest BCUT2D eigenvalue weighted by Gasteiger charge is -2.38. The molecule has 0 aromatic heterocycles. The van der Waals surface area contributed by atoms with Gasteiger partial charge in [-0.15, -0.1) is 0 Å². The summed E-state index contributed by atoms with van der Waals surface area (Å²) in [4.78, 5) is 6.23. The van der Waals surface area contributed by atoms with Crippen molar-refractivity contribution in [1.29, 1.82) is 0 Å². The number of rotatable bonds is 5. The van der Waals surface area contributed by atoms with E-state index in [1.165, 1.54) is 17.8 Å². The van der Waals surface area contributed by atoms with Crippen LogP contribution in [0.15, 0.2) is 76.5 Å². The second-order valence-corrected chi connectivity index (χ2v) is 10.6.